The summed E-state index contributed by atoms with van der Waals surface area (Å²) < 4.78 is 8.88. The highest BCUT2D eigenvalue weighted by Gasteiger charge is 2.00. The topological polar surface area (TPSA) is 118 Å². The molecular weight excluding hydrogens is 415 g/mol. The quantitative estimate of drug-likeness (QED) is 0.259. The molecule has 4 rings (SSSR count). The van der Waals surface area contributed by atoms with E-state index in [0.29, 0.717) is 11.5 Å². The molecule has 0 aromatic heterocycles. The van der Waals surface area contributed by atoms with Gasteiger partial charge in [0.15, 0.2) is 0 Å². The lowest BCUT2D eigenvalue weighted by atomic mass is 10.1. The number of benzene rings is 4. The number of phenolic OH excluding ortho intramolecular Hbond substituents is 2. The highest BCUT2D eigenvalue weighted by atomic mass is 31.2. The maximum atomic E-state index is 8.88. The summed E-state index contributed by atoms with van der Waals surface area (Å²) in [5, 5.41) is 17.3. The van der Waals surface area contributed by atoms with Gasteiger partial charge in [-0.2, -0.15) is 0 Å². The van der Waals surface area contributed by atoms with Gasteiger partial charge in [0, 0.05) is 0 Å². The Morgan fingerprint density at radius 2 is 0.613 bits per heavy atom. The molecule has 0 aliphatic heterocycles. The van der Waals surface area contributed by atoms with Crippen LogP contribution in [0.5, 0.6) is 11.5 Å². The molecule has 0 amide bonds. The summed E-state index contributed by atoms with van der Waals surface area (Å²) in [6.07, 6.45) is 0. The van der Waals surface area contributed by atoms with Crippen molar-refractivity contribution in [3.63, 3.8) is 0 Å². The van der Waals surface area contributed by atoms with Gasteiger partial charge in [-0.05, 0) is 35.4 Å². The largest absolute Gasteiger partial charge is 0.508 e. The predicted molar refractivity (Wildman–Crippen MR) is 122 cm³/mol. The van der Waals surface area contributed by atoms with Crippen molar-refractivity contribution in [1.29, 1.82) is 0 Å². The molecule has 0 aliphatic carbocycles. The summed E-state index contributed by atoms with van der Waals surface area (Å²) in [7, 11) is -4.64. The van der Waals surface area contributed by atoms with Crippen LogP contribution in [0.2, 0.25) is 0 Å². The SMILES string of the molecule is O=P(O)(O)O.Oc1ccccc1.Oc1ccccc1.c1ccc(-c2ccccc2)cc1. The fraction of sp³-hybridized carbons (Fsp3) is 0. The fourth-order valence-corrected chi connectivity index (χ4v) is 2.12. The first-order valence-corrected chi connectivity index (χ1v) is 10.7. The van der Waals surface area contributed by atoms with E-state index in [2.05, 4.69) is 48.5 Å². The second kappa shape index (κ2) is 14.6. The van der Waals surface area contributed by atoms with Crippen LogP contribution in [-0.4, -0.2) is 24.9 Å². The Bertz CT molecular complexity index is 908. The average Bonchev–Trinajstić information content (AvgIpc) is 2.76. The van der Waals surface area contributed by atoms with Crippen molar-refractivity contribution in [1.82, 2.24) is 0 Å². The van der Waals surface area contributed by atoms with Crippen LogP contribution < -0.4 is 0 Å². The van der Waals surface area contributed by atoms with E-state index in [1.165, 1.54) is 11.1 Å². The molecule has 0 atom stereocenters. The van der Waals surface area contributed by atoms with Gasteiger partial charge in [-0.15, -0.1) is 0 Å². The van der Waals surface area contributed by atoms with Crippen molar-refractivity contribution < 1.29 is 29.5 Å². The second-order valence-corrected chi connectivity index (χ2v) is 6.94. The smallest absolute Gasteiger partial charge is 0.466 e. The molecule has 4 aromatic rings. The Labute approximate surface area is 181 Å². The van der Waals surface area contributed by atoms with Gasteiger partial charge >= 0.3 is 7.82 Å². The molecule has 0 bridgehead atoms. The zero-order chi connectivity index (χ0) is 23.0. The van der Waals surface area contributed by atoms with E-state index in [1.807, 2.05) is 24.3 Å². The summed E-state index contributed by atoms with van der Waals surface area (Å²) in [6.45, 7) is 0. The molecule has 162 valence electrons. The number of para-hydroxylation sites is 2. The molecule has 0 fully saturated rings. The van der Waals surface area contributed by atoms with E-state index in [4.69, 9.17) is 29.5 Å². The molecular formula is C24H25O6P. The monoisotopic (exact) mass is 440 g/mol. The van der Waals surface area contributed by atoms with Gasteiger partial charge in [-0.3, -0.25) is 0 Å². The Hall–Kier alpha value is -3.41. The lowest BCUT2D eigenvalue weighted by molar-refractivity contribution is 0.275. The summed E-state index contributed by atoms with van der Waals surface area (Å²) in [4.78, 5) is 21.6. The van der Waals surface area contributed by atoms with Crippen LogP contribution in [0, 0.1) is 0 Å². The van der Waals surface area contributed by atoms with Crippen molar-refractivity contribution in [3.8, 4) is 22.6 Å². The number of hydrogen-bond donors (Lipinski definition) is 5. The molecule has 0 aliphatic rings. The van der Waals surface area contributed by atoms with Crippen LogP contribution in [0.3, 0.4) is 0 Å². The average molecular weight is 440 g/mol. The molecule has 4 aromatic carbocycles. The fourth-order valence-electron chi connectivity index (χ4n) is 2.12. The number of phosphoric acid groups is 1. The summed E-state index contributed by atoms with van der Waals surface area (Å²) in [5.74, 6) is 0.644. The molecule has 31 heavy (non-hydrogen) atoms. The third-order valence-corrected chi connectivity index (χ3v) is 3.39. The molecule has 0 spiro atoms. The first-order chi connectivity index (χ1) is 14.8. The van der Waals surface area contributed by atoms with E-state index >= 15 is 0 Å². The zero-order valence-corrected chi connectivity index (χ0v) is 17.5. The van der Waals surface area contributed by atoms with E-state index in [9.17, 15) is 0 Å². The van der Waals surface area contributed by atoms with Crippen LogP contribution in [0.25, 0.3) is 11.1 Å². The normalized spacial score (nSPS) is 9.52. The molecule has 0 heterocycles. The molecule has 7 heteroatoms. The Morgan fingerprint density at radius 3 is 0.774 bits per heavy atom. The second-order valence-electron chi connectivity index (χ2n) is 5.92. The van der Waals surface area contributed by atoms with Crippen molar-refractivity contribution in [2.75, 3.05) is 0 Å². The van der Waals surface area contributed by atoms with E-state index in [1.54, 1.807) is 48.5 Å². The minimum atomic E-state index is -4.64. The lowest BCUT2D eigenvalue weighted by Gasteiger charge is -1.98. The predicted octanol–water partition coefficient (Wildman–Crippen LogP) is 5.21. The Kier molecular flexibility index (Phi) is 12.0. The Balaban J connectivity index is 0.000000220. The standard InChI is InChI=1S/C12H10.2C6H6O.H3O4P/c1-3-7-11(8-4-1)12-9-5-2-6-10-12;2*7-6-4-2-1-3-5-6;1-5(2,3)4/h1-10H;2*1-5,7H;(H3,1,2,3,4). The van der Waals surface area contributed by atoms with Crippen LogP contribution in [-0.2, 0) is 4.57 Å². The highest BCUT2D eigenvalue weighted by Crippen LogP contribution is 2.25. The van der Waals surface area contributed by atoms with Gasteiger partial charge in [-0.25, -0.2) is 4.57 Å². The van der Waals surface area contributed by atoms with Crippen LogP contribution in [0.1, 0.15) is 0 Å². The van der Waals surface area contributed by atoms with E-state index in [-0.39, 0.29) is 0 Å². The summed E-state index contributed by atoms with van der Waals surface area (Å²) in [6, 6.07) is 38.2. The maximum Gasteiger partial charge on any atom is 0.466 e. The van der Waals surface area contributed by atoms with Crippen molar-refractivity contribution in [3.05, 3.63) is 121 Å². The van der Waals surface area contributed by atoms with Gasteiger partial charge in [0.05, 0.1) is 0 Å². The van der Waals surface area contributed by atoms with Crippen LogP contribution in [0.4, 0.5) is 0 Å². The van der Waals surface area contributed by atoms with E-state index in [0.717, 1.165) is 0 Å². The molecule has 0 unspecified atom stereocenters. The van der Waals surface area contributed by atoms with Gasteiger partial charge in [0.2, 0.25) is 0 Å². The minimum absolute atomic E-state index is 0.322. The minimum Gasteiger partial charge on any atom is -0.508 e. The van der Waals surface area contributed by atoms with Gasteiger partial charge in [0.25, 0.3) is 0 Å². The van der Waals surface area contributed by atoms with Crippen LogP contribution >= 0.6 is 7.82 Å². The number of phenols is 2. The third kappa shape index (κ3) is 15.1. The van der Waals surface area contributed by atoms with Gasteiger partial charge in [0.1, 0.15) is 11.5 Å². The van der Waals surface area contributed by atoms with Gasteiger partial charge in [-0.1, -0.05) is 97.1 Å². The summed E-state index contributed by atoms with van der Waals surface area (Å²) >= 11 is 0. The number of rotatable bonds is 1. The van der Waals surface area contributed by atoms with E-state index < -0.39 is 7.82 Å². The van der Waals surface area contributed by atoms with Crippen LogP contribution in [0.15, 0.2) is 121 Å². The number of aromatic hydroxyl groups is 2. The summed E-state index contributed by atoms with van der Waals surface area (Å²) in [5.41, 5.74) is 2.55. The number of hydrogen-bond acceptors (Lipinski definition) is 3. The Morgan fingerprint density at radius 1 is 0.419 bits per heavy atom. The molecule has 0 radical (unpaired) electrons. The first kappa shape index (κ1) is 25.6. The van der Waals surface area contributed by atoms with Crippen molar-refractivity contribution >= 4 is 7.82 Å². The van der Waals surface area contributed by atoms with Crippen molar-refractivity contribution in [2.45, 2.75) is 0 Å². The van der Waals surface area contributed by atoms with Gasteiger partial charge < -0.3 is 24.9 Å². The third-order valence-electron chi connectivity index (χ3n) is 3.39. The zero-order valence-electron chi connectivity index (χ0n) is 16.6. The first-order valence-electron chi connectivity index (χ1n) is 9.12. The molecule has 0 saturated heterocycles. The molecule has 6 nitrogen and oxygen atoms in total. The highest BCUT2D eigenvalue weighted by molar-refractivity contribution is 7.45. The van der Waals surface area contributed by atoms with Crippen molar-refractivity contribution in [2.24, 2.45) is 0 Å². The maximum absolute atomic E-state index is 8.88. The molecule has 0 saturated carbocycles. The molecule has 5 N–H and O–H groups in total. The lowest BCUT2D eigenvalue weighted by Crippen LogP contribution is -1.73.